The Morgan fingerprint density at radius 2 is 1.78 bits per heavy atom. The Morgan fingerprint density at radius 1 is 1.00 bits per heavy atom. The molecule has 0 spiro atoms. The number of amides is 1. The zero-order chi connectivity index (χ0) is 16.2. The van der Waals surface area contributed by atoms with Crippen LogP contribution >= 0.6 is 11.6 Å². The fourth-order valence-corrected chi connectivity index (χ4v) is 2.26. The van der Waals surface area contributed by atoms with Gasteiger partial charge in [0.1, 0.15) is 0 Å². The Balaban J connectivity index is 1.76. The van der Waals surface area contributed by atoms with E-state index in [1.54, 1.807) is 24.3 Å². The van der Waals surface area contributed by atoms with Crippen molar-refractivity contribution in [2.24, 2.45) is 0 Å². The summed E-state index contributed by atoms with van der Waals surface area (Å²) in [4.78, 5) is 12.2. The molecule has 3 rings (SSSR count). The molecule has 1 N–H and O–H groups in total. The molecule has 0 bridgehead atoms. The first-order valence-electron chi connectivity index (χ1n) is 7.10. The fourth-order valence-electron chi connectivity index (χ4n) is 2.08. The number of hydrogen-bond donors (Lipinski definition) is 1. The van der Waals surface area contributed by atoms with Crippen molar-refractivity contribution in [2.45, 2.75) is 6.92 Å². The predicted molar refractivity (Wildman–Crippen MR) is 91.6 cm³/mol. The van der Waals surface area contributed by atoms with E-state index < -0.39 is 0 Å². The molecule has 1 aromatic heterocycles. The highest BCUT2D eigenvalue weighted by Gasteiger charge is 2.10. The van der Waals surface area contributed by atoms with Crippen LogP contribution in [0, 0.1) is 6.92 Å². The molecular formula is C18H14ClN3O. The average molecular weight is 324 g/mol. The van der Waals surface area contributed by atoms with Crippen LogP contribution in [0.2, 0.25) is 5.02 Å². The first-order valence-corrected chi connectivity index (χ1v) is 7.48. The summed E-state index contributed by atoms with van der Waals surface area (Å²) in [6.07, 6.45) is 0. The summed E-state index contributed by atoms with van der Waals surface area (Å²) in [5, 5.41) is 11.5. The smallest absolute Gasteiger partial charge is 0.276 e. The summed E-state index contributed by atoms with van der Waals surface area (Å²) >= 11 is 6.05. The molecule has 4 nitrogen and oxygen atoms in total. The topological polar surface area (TPSA) is 54.9 Å². The van der Waals surface area contributed by atoms with Gasteiger partial charge in [0, 0.05) is 16.3 Å². The van der Waals surface area contributed by atoms with Crippen molar-refractivity contribution in [1.29, 1.82) is 0 Å². The summed E-state index contributed by atoms with van der Waals surface area (Å²) in [7, 11) is 0. The van der Waals surface area contributed by atoms with Crippen LogP contribution < -0.4 is 5.32 Å². The van der Waals surface area contributed by atoms with Gasteiger partial charge in [0.25, 0.3) is 5.91 Å². The number of rotatable bonds is 3. The summed E-state index contributed by atoms with van der Waals surface area (Å²) in [5.74, 6) is -0.322. The van der Waals surface area contributed by atoms with Gasteiger partial charge in [0.2, 0.25) is 0 Å². The molecule has 0 unspecified atom stereocenters. The predicted octanol–water partition coefficient (Wildman–Crippen LogP) is 4.36. The molecule has 5 heteroatoms. The van der Waals surface area contributed by atoms with Crippen LogP contribution in [-0.2, 0) is 0 Å². The molecule has 0 aliphatic carbocycles. The van der Waals surface area contributed by atoms with E-state index in [1.165, 1.54) is 0 Å². The van der Waals surface area contributed by atoms with Crippen LogP contribution in [0.1, 0.15) is 16.1 Å². The number of carbonyl (C=O) groups is 1. The van der Waals surface area contributed by atoms with Crippen molar-refractivity contribution in [1.82, 2.24) is 10.2 Å². The standard InChI is InChI=1S/C18H14ClN3O/c1-12-7-8-14(11-15(12)19)20-18(23)17-10-9-16(21-22-17)13-5-3-2-4-6-13/h2-11H,1H3,(H,20,23). The van der Waals surface area contributed by atoms with E-state index in [0.29, 0.717) is 10.7 Å². The maximum absolute atomic E-state index is 12.2. The lowest BCUT2D eigenvalue weighted by Crippen LogP contribution is -2.14. The van der Waals surface area contributed by atoms with Crippen molar-refractivity contribution in [2.75, 3.05) is 5.32 Å². The number of halogens is 1. The minimum Gasteiger partial charge on any atom is -0.321 e. The monoisotopic (exact) mass is 323 g/mol. The molecule has 0 saturated heterocycles. The minimum atomic E-state index is -0.322. The van der Waals surface area contributed by atoms with Gasteiger partial charge in [-0.1, -0.05) is 48.0 Å². The summed E-state index contributed by atoms with van der Waals surface area (Å²) in [6.45, 7) is 1.90. The third-order valence-electron chi connectivity index (χ3n) is 3.40. The SMILES string of the molecule is Cc1ccc(NC(=O)c2ccc(-c3ccccc3)nn2)cc1Cl. The number of aromatic nitrogens is 2. The first kappa shape index (κ1) is 15.2. The normalized spacial score (nSPS) is 10.3. The van der Waals surface area contributed by atoms with E-state index in [-0.39, 0.29) is 11.6 Å². The molecular weight excluding hydrogens is 310 g/mol. The second-order valence-corrected chi connectivity index (χ2v) is 5.50. The van der Waals surface area contributed by atoms with E-state index in [4.69, 9.17) is 11.6 Å². The number of nitrogens with one attached hydrogen (secondary N) is 1. The van der Waals surface area contributed by atoms with Crippen molar-refractivity contribution >= 4 is 23.2 Å². The highest BCUT2D eigenvalue weighted by atomic mass is 35.5. The van der Waals surface area contributed by atoms with E-state index in [1.807, 2.05) is 43.3 Å². The summed E-state index contributed by atoms with van der Waals surface area (Å²) < 4.78 is 0. The lowest BCUT2D eigenvalue weighted by molar-refractivity contribution is 0.102. The quantitative estimate of drug-likeness (QED) is 0.779. The van der Waals surface area contributed by atoms with Gasteiger partial charge in [-0.15, -0.1) is 10.2 Å². The van der Waals surface area contributed by atoms with Gasteiger partial charge >= 0.3 is 0 Å². The van der Waals surface area contributed by atoms with E-state index >= 15 is 0 Å². The molecule has 3 aromatic rings. The average Bonchev–Trinajstić information content (AvgIpc) is 2.59. The molecule has 1 heterocycles. The van der Waals surface area contributed by atoms with Crippen LogP contribution in [0.5, 0.6) is 0 Å². The van der Waals surface area contributed by atoms with Crippen molar-refractivity contribution in [3.05, 3.63) is 76.9 Å². The minimum absolute atomic E-state index is 0.251. The second kappa shape index (κ2) is 6.58. The van der Waals surface area contributed by atoms with Gasteiger partial charge in [-0.05, 0) is 36.8 Å². The van der Waals surface area contributed by atoms with Gasteiger partial charge in [0.05, 0.1) is 5.69 Å². The van der Waals surface area contributed by atoms with Crippen LogP contribution in [-0.4, -0.2) is 16.1 Å². The number of anilines is 1. The van der Waals surface area contributed by atoms with Crippen LogP contribution in [0.15, 0.2) is 60.7 Å². The Bertz CT molecular complexity index is 833. The van der Waals surface area contributed by atoms with Gasteiger partial charge < -0.3 is 5.32 Å². The molecule has 0 radical (unpaired) electrons. The van der Waals surface area contributed by atoms with E-state index in [9.17, 15) is 4.79 Å². The maximum Gasteiger partial charge on any atom is 0.276 e. The third kappa shape index (κ3) is 3.55. The molecule has 2 aromatic carbocycles. The van der Waals surface area contributed by atoms with E-state index in [0.717, 1.165) is 16.8 Å². The number of carbonyl (C=O) groups excluding carboxylic acids is 1. The van der Waals surface area contributed by atoms with Crippen molar-refractivity contribution < 1.29 is 4.79 Å². The van der Waals surface area contributed by atoms with Gasteiger partial charge in [0.15, 0.2) is 5.69 Å². The second-order valence-electron chi connectivity index (χ2n) is 5.09. The largest absolute Gasteiger partial charge is 0.321 e. The number of benzene rings is 2. The molecule has 0 saturated carbocycles. The molecule has 114 valence electrons. The lowest BCUT2D eigenvalue weighted by Gasteiger charge is -2.06. The van der Waals surface area contributed by atoms with Crippen molar-refractivity contribution in [3.63, 3.8) is 0 Å². The molecule has 0 aliphatic rings. The maximum atomic E-state index is 12.2. The first-order chi connectivity index (χ1) is 11.1. The molecule has 0 atom stereocenters. The molecule has 23 heavy (non-hydrogen) atoms. The number of nitrogens with zero attached hydrogens (tertiary/aromatic N) is 2. The zero-order valence-electron chi connectivity index (χ0n) is 12.5. The van der Waals surface area contributed by atoms with E-state index in [2.05, 4.69) is 15.5 Å². The third-order valence-corrected chi connectivity index (χ3v) is 3.80. The Kier molecular flexibility index (Phi) is 4.35. The molecule has 0 aliphatic heterocycles. The van der Waals surface area contributed by atoms with Crippen LogP contribution in [0.3, 0.4) is 0 Å². The van der Waals surface area contributed by atoms with Gasteiger partial charge in [-0.3, -0.25) is 4.79 Å². The van der Waals surface area contributed by atoms with Crippen LogP contribution in [0.4, 0.5) is 5.69 Å². The Hall–Kier alpha value is -2.72. The number of hydrogen-bond acceptors (Lipinski definition) is 3. The zero-order valence-corrected chi connectivity index (χ0v) is 13.2. The summed E-state index contributed by atoms with van der Waals surface area (Å²) in [5.41, 5.74) is 3.51. The molecule has 1 amide bonds. The lowest BCUT2D eigenvalue weighted by atomic mass is 10.1. The Morgan fingerprint density at radius 3 is 2.43 bits per heavy atom. The highest BCUT2D eigenvalue weighted by Crippen LogP contribution is 2.20. The highest BCUT2D eigenvalue weighted by molar-refractivity contribution is 6.31. The fraction of sp³-hybridized carbons (Fsp3) is 0.0556. The van der Waals surface area contributed by atoms with Crippen molar-refractivity contribution in [3.8, 4) is 11.3 Å². The Labute approximate surface area is 139 Å². The molecule has 0 fully saturated rings. The summed E-state index contributed by atoms with van der Waals surface area (Å²) in [6, 6.07) is 18.5. The van der Waals surface area contributed by atoms with Crippen LogP contribution in [0.25, 0.3) is 11.3 Å². The van der Waals surface area contributed by atoms with Gasteiger partial charge in [-0.25, -0.2) is 0 Å². The van der Waals surface area contributed by atoms with Gasteiger partial charge in [-0.2, -0.15) is 0 Å². The number of aryl methyl sites for hydroxylation is 1.